The van der Waals surface area contributed by atoms with Crippen LogP contribution in [0.15, 0.2) is 65.3 Å². The van der Waals surface area contributed by atoms with Crippen molar-refractivity contribution in [2.45, 2.75) is 6.54 Å². The highest BCUT2D eigenvalue weighted by Crippen LogP contribution is 2.26. The number of fused-ring (bicyclic) bond motifs is 1. The lowest BCUT2D eigenvalue weighted by molar-refractivity contribution is 0.0631. The second-order valence-electron chi connectivity index (χ2n) is 6.10. The molecule has 0 saturated heterocycles. The number of imide groups is 1. The molecular formula is C21H15NO6. The highest BCUT2D eigenvalue weighted by atomic mass is 16.5. The summed E-state index contributed by atoms with van der Waals surface area (Å²) in [6, 6.07) is 14.2. The van der Waals surface area contributed by atoms with Crippen LogP contribution in [0.5, 0.6) is 11.5 Å². The van der Waals surface area contributed by atoms with E-state index in [0.29, 0.717) is 17.3 Å². The maximum atomic E-state index is 12.6. The Morgan fingerprint density at radius 1 is 0.964 bits per heavy atom. The zero-order chi connectivity index (χ0) is 19.7. The van der Waals surface area contributed by atoms with Crippen LogP contribution in [0.4, 0.5) is 0 Å². The highest BCUT2D eigenvalue weighted by molar-refractivity contribution is 6.21. The van der Waals surface area contributed by atoms with E-state index in [2.05, 4.69) is 0 Å². The van der Waals surface area contributed by atoms with Gasteiger partial charge in [-0.3, -0.25) is 14.5 Å². The number of carbonyl (C=O) groups is 3. The fourth-order valence-corrected chi connectivity index (χ4v) is 2.93. The van der Waals surface area contributed by atoms with Gasteiger partial charge in [-0.1, -0.05) is 0 Å². The average molecular weight is 377 g/mol. The van der Waals surface area contributed by atoms with Crippen molar-refractivity contribution in [1.29, 1.82) is 0 Å². The van der Waals surface area contributed by atoms with Gasteiger partial charge < -0.3 is 13.9 Å². The van der Waals surface area contributed by atoms with Gasteiger partial charge in [-0.25, -0.2) is 4.79 Å². The number of benzene rings is 2. The Balaban J connectivity index is 1.54. The maximum absolute atomic E-state index is 12.6. The number of rotatable bonds is 5. The summed E-state index contributed by atoms with van der Waals surface area (Å²) in [4.78, 5) is 38.6. The van der Waals surface area contributed by atoms with Gasteiger partial charge in [-0.2, -0.15) is 0 Å². The van der Waals surface area contributed by atoms with Crippen molar-refractivity contribution < 1.29 is 28.3 Å². The van der Waals surface area contributed by atoms with Gasteiger partial charge in [0.05, 0.1) is 36.6 Å². The van der Waals surface area contributed by atoms with E-state index < -0.39 is 17.8 Å². The van der Waals surface area contributed by atoms with Crippen molar-refractivity contribution in [3.63, 3.8) is 0 Å². The second-order valence-corrected chi connectivity index (χ2v) is 6.10. The maximum Gasteiger partial charge on any atom is 0.343 e. The summed E-state index contributed by atoms with van der Waals surface area (Å²) < 4.78 is 15.6. The molecule has 7 heteroatoms. The monoisotopic (exact) mass is 377 g/mol. The smallest absolute Gasteiger partial charge is 0.343 e. The number of furan rings is 1. The number of amides is 2. The Morgan fingerprint density at radius 2 is 1.68 bits per heavy atom. The third-order valence-corrected chi connectivity index (χ3v) is 4.37. The third kappa shape index (κ3) is 3.14. The van der Waals surface area contributed by atoms with Crippen LogP contribution in [-0.4, -0.2) is 29.8 Å². The molecule has 2 amide bonds. The van der Waals surface area contributed by atoms with Crippen molar-refractivity contribution in [3.05, 3.63) is 83.3 Å². The van der Waals surface area contributed by atoms with Crippen LogP contribution < -0.4 is 9.47 Å². The molecular weight excluding hydrogens is 362 g/mol. The molecule has 0 bridgehead atoms. The average Bonchev–Trinajstić information content (AvgIpc) is 3.31. The molecule has 0 N–H and O–H groups in total. The van der Waals surface area contributed by atoms with Gasteiger partial charge in [0.2, 0.25) is 0 Å². The van der Waals surface area contributed by atoms with Crippen molar-refractivity contribution in [1.82, 2.24) is 4.90 Å². The fraction of sp³-hybridized carbons (Fsp3) is 0.0952. The summed E-state index contributed by atoms with van der Waals surface area (Å²) in [5, 5.41) is 0. The summed E-state index contributed by atoms with van der Waals surface area (Å²) in [5.74, 6) is -0.0560. The lowest BCUT2D eigenvalue weighted by Crippen LogP contribution is -2.28. The molecule has 3 aromatic rings. The minimum Gasteiger partial charge on any atom is -0.497 e. The molecule has 140 valence electrons. The molecule has 1 aliphatic rings. The number of hydrogen-bond donors (Lipinski definition) is 0. The molecule has 1 aliphatic heterocycles. The van der Waals surface area contributed by atoms with Gasteiger partial charge in [0, 0.05) is 0 Å². The van der Waals surface area contributed by atoms with E-state index in [9.17, 15) is 14.4 Å². The normalized spacial score (nSPS) is 12.8. The first-order valence-corrected chi connectivity index (χ1v) is 8.45. The van der Waals surface area contributed by atoms with Crippen molar-refractivity contribution in [2.24, 2.45) is 0 Å². The number of nitrogens with zero attached hydrogens (tertiary/aromatic N) is 1. The van der Waals surface area contributed by atoms with E-state index in [1.807, 2.05) is 0 Å². The topological polar surface area (TPSA) is 86.1 Å². The highest BCUT2D eigenvalue weighted by Gasteiger charge is 2.36. The van der Waals surface area contributed by atoms with E-state index in [1.54, 1.807) is 43.5 Å². The van der Waals surface area contributed by atoms with Crippen molar-refractivity contribution >= 4 is 17.8 Å². The van der Waals surface area contributed by atoms with Gasteiger partial charge in [0.1, 0.15) is 17.3 Å². The molecule has 0 unspecified atom stereocenters. The Kier molecular flexibility index (Phi) is 4.41. The van der Waals surface area contributed by atoms with Crippen LogP contribution >= 0.6 is 0 Å². The molecule has 0 saturated carbocycles. The number of ether oxygens (including phenoxy) is 2. The predicted octanol–water partition coefficient (Wildman–Crippen LogP) is 3.30. The van der Waals surface area contributed by atoms with Crippen LogP contribution in [0, 0.1) is 0 Å². The summed E-state index contributed by atoms with van der Waals surface area (Å²) in [5.41, 5.74) is 0.592. The number of carbonyl (C=O) groups excluding carboxylic acids is 3. The van der Waals surface area contributed by atoms with E-state index in [4.69, 9.17) is 13.9 Å². The minimum absolute atomic E-state index is 0.0327. The number of hydrogen-bond acceptors (Lipinski definition) is 6. The van der Waals surface area contributed by atoms with E-state index in [1.165, 1.54) is 24.5 Å². The van der Waals surface area contributed by atoms with E-state index >= 15 is 0 Å². The van der Waals surface area contributed by atoms with Gasteiger partial charge in [0.15, 0.2) is 0 Å². The quantitative estimate of drug-likeness (QED) is 0.385. The first-order valence-electron chi connectivity index (χ1n) is 8.45. The van der Waals surface area contributed by atoms with Crippen LogP contribution in [0.2, 0.25) is 0 Å². The van der Waals surface area contributed by atoms with Crippen LogP contribution in [0.25, 0.3) is 0 Å². The Morgan fingerprint density at radius 3 is 2.36 bits per heavy atom. The molecule has 2 heterocycles. The van der Waals surface area contributed by atoms with Gasteiger partial charge in [-0.05, 0) is 54.6 Å². The first-order chi connectivity index (χ1) is 13.6. The number of esters is 1. The molecule has 28 heavy (non-hydrogen) atoms. The standard InChI is InChI=1S/C21H15NO6/c1-26-14-5-7-15(8-6-14)28-21(25)13-4-9-17-18(11-13)20(24)22(19(17)23)12-16-3-2-10-27-16/h2-11H,12H2,1H3. The predicted molar refractivity (Wildman–Crippen MR) is 97.3 cm³/mol. The second kappa shape index (κ2) is 7.03. The Labute approximate surface area is 160 Å². The molecule has 7 nitrogen and oxygen atoms in total. The van der Waals surface area contributed by atoms with Crippen molar-refractivity contribution in [2.75, 3.05) is 7.11 Å². The van der Waals surface area contributed by atoms with Crippen molar-refractivity contribution in [3.8, 4) is 11.5 Å². The molecule has 0 fully saturated rings. The zero-order valence-electron chi connectivity index (χ0n) is 14.9. The zero-order valence-corrected chi connectivity index (χ0v) is 14.9. The van der Waals surface area contributed by atoms with Gasteiger partial charge in [-0.15, -0.1) is 0 Å². The Bertz CT molecular complexity index is 1050. The van der Waals surface area contributed by atoms with Gasteiger partial charge >= 0.3 is 5.97 Å². The lowest BCUT2D eigenvalue weighted by atomic mass is 10.1. The van der Waals surface area contributed by atoms with Gasteiger partial charge in [0.25, 0.3) is 11.8 Å². The summed E-state index contributed by atoms with van der Waals surface area (Å²) in [6.45, 7) is 0.0327. The molecule has 2 aromatic carbocycles. The fourth-order valence-electron chi connectivity index (χ4n) is 2.93. The summed E-state index contributed by atoms with van der Waals surface area (Å²) in [6.07, 6.45) is 1.47. The first kappa shape index (κ1) is 17.5. The summed E-state index contributed by atoms with van der Waals surface area (Å²) >= 11 is 0. The third-order valence-electron chi connectivity index (χ3n) is 4.37. The van der Waals surface area contributed by atoms with E-state index in [-0.39, 0.29) is 23.2 Å². The number of methoxy groups -OCH3 is 1. The summed E-state index contributed by atoms with van der Waals surface area (Å²) in [7, 11) is 1.54. The van der Waals surface area contributed by atoms with Crippen LogP contribution in [0.1, 0.15) is 36.8 Å². The minimum atomic E-state index is -0.627. The molecule has 0 aliphatic carbocycles. The van der Waals surface area contributed by atoms with E-state index in [0.717, 1.165) is 4.90 Å². The molecule has 1 aromatic heterocycles. The molecule has 4 rings (SSSR count). The lowest BCUT2D eigenvalue weighted by Gasteiger charge is -2.11. The SMILES string of the molecule is COc1ccc(OC(=O)c2ccc3c(c2)C(=O)N(Cc2ccco2)C3=O)cc1. The Hall–Kier alpha value is -3.87. The van der Waals surface area contributed by atoms with Crippen LogP contribution in [-0.2, 0) is 6.54 Å². The largest absolute Gasteiger partial charge is 0.497 e. The van der Waals surface area contributed by atoms with Crippen LogP contribution in [0.3, 0.4) is 0 Å². The molecule has 0 atom stereocenters. The molecule has 0 radical (unpaired) electrons. The molecule has 0 spiro atoms.